The second-order valence-electron chi connectivity index (χ2n) is 6.90. The lowest BCUT2D eigenvalue weighted by Crippen LogP contribution is -2.54. The van der Waals surface area contributed by atoms with Crippen molar-refractivity contribution in [2.24, 2.45) is 5.92 Å². The zero-order valence-electron chi connectivity index (χ0n) is 13.7. The van der Waals surface area contributed by atoms with E-state index in [1.165, 1.54) is 12.8 Å². The van der Waals surface area contributed by atoms with Gasteiger partial charge in [0.15, 0.2) is 0 Å². The molecule has 0 bridgehead atoms. The number of hydrogen-bond acceptors (Lipinski definition) is 3. The summed E-state index contributed by atoms with van der Waals surface area (Å²) in [6, 6.07) is 0.317. The van der Waals surface area contributed by atoms with E-state index in [2.05, 4.69) is 12.2 Å². The number of hydrogen-bond donors (Lipinski definition) is 1. The van der Waals surface area contributed by atoms with Crippen molar-refractivity contribution in [3.63, 3.8) is 0 Å². The summed E-state index contributed by atoms with van der Waals surface area (Å²) >= 11 is 0. The summed E-state index contributed by atoms with van der Waals surface area (Å²) in [6.07, 6.45) is 5.44. The molecule has 124 valence electrons. The topological polar surface area (TPSA) is 52.7 Å². The highest BCUT2D eigenvalue weighted by atomic mass is 32.2. The number of nitrogens with one attached hydrogen (secondary N) is 1. The van der Waals surface area contributed by atoms with Crippen LogP contribution in [0.25, 0.3) is 0 Å². The summed E-state index contributed by atoms with van der Waals surface area (Å²) in [4.78, 5) is 0. The third-order valence-corrected chi connectivity index (χ3v) is 6.94. The molecule has 21 heavy (non-hydrogen) atoms. The molecule has 0 aromatic carbocycles. The van der Waals surface area contributed by atoms with E-state index in [4.69, 9.17) is 0 Å². The van der Waals surface area contributed by atoms with Crippen LogP contribution in [0, 0.1) is 5.92 Å². The van der Waals surface area contributed by atoms with Crippen molar-refractivity contribution < 1.29 is 8.42 Å². The molecule has 0 spiro atoms. The fourth-order valence-corrected chi connectivity index (χ4v) is 5.10. The summed E-state index contributed by atoms with van der Waals surface area (Å²) in [6.45, 7) is 9.12. The lowest BCUT2D eigenvalue weighted by Gasteiger charge is -2.38. The first-order valence-electron chi connectivity index (χ1n) is 8.41. The summed E-state index contributed by atoms with van der Waals surface area (Å²) in [7, 11) is -3.32. The zero-order valence-corrected chi connectivity index (χ0v) is 14.5. The van der Waals surface area contributed by atoms with Gasteiger partial charge in [0.05, 0.1) is 0 Å². The molecule has 2 aliphatic heterocycles. The molecule has 0 radical (unpaired) electrons. The highest BCUT2D eigenvalue weighted by Crippen LogP contribution is 2.23. The van der Waals surface area contributed by atoms with Gasteiger partial charge in [0.25, 0.3) is 10.2 Å². The van der Waals surface area contributed by atoms with Gasteiger partial charge in [-0.2, -0.15) is 17.0 Å². The van der Waals surface area contributed by atoms with Gasteiger partial charge < -0.3 is 5.32 Å². The van der Waals surface area contributed by atoms with Gasteiger partial charge in [0, 0.05) is 31.7 Å². The molecular formula is C15H31N3O2S. The molecule has 2 aliphatic rings. The van der Waals surface area contributed by atoms with Crippen molar-refractivity contribution in [3.05, 3.63) is 0 Å². The maximum Gasteiger partial charge on any atom is 0.282 e. The van der Waals surface area contributed by atoms with Crippen LogP contribution in [0.3, 0.4) is 0 Å². The van der Waals surface area contributed by atoms with Crippen molar-refractivity contribution >= 4 is 10.2 Å². The Morgan fingerprint density at radius 3 is 2.38 bits per heavy atom. The molecule has 2 fully saturated rings. The largest absolute Gasteiger partial charge is 0.313 e. The molecule has 1 N–H and O–H groups in total. The first kappa shape index (κ1) is 17.2. The Morgan fingerprint density at radius 1 is 1.19 bits per heavy atom. The molecular weight excluding hydrogens is 286 g/mol. The SMILES string of the molecule is CC1CCN(S(=O)(=O)N(CC2CCCCN2)C(C)C)CC1. The van der Waals surface area contributed by atoms with Gasteiger partial charge in [0.1, 0.15) is 0 Å². The lowest BCUT2D eigenvalue weighted by molar-refractivity contribution is 0.234. The summed E-state index contributed by atoms with van der Waals surface area (Å²) in [5.74, 6) is 0.643. The van der Waals surface area contributed by atoms with Gasteiger partial charge in [-0.3, -0.25) is 0 Å². The van der Waals surface area contributed by atoms with Gasteiger partial charge in [-0.1, -0.05) is 13.3 Å². The van der Waals surface area contributed by atoms with Crippen LogP contribution in [0.5, 0.6) is 0 Å². The van der Waals surface area contributed by atoms with E-state index in [9.17, 15) is 8.42 Å². The second-order valence-corrected chi connectivity index (χ2v) is 8.78. The molecule has 2 heterocycles. The van der Waals surface area contributed by atoms with Crippen molar-refractivity contribution in [2.45, 2.75) is 65.0 Å². The van der Waals surface area contributed by atoms with Gasteiger partial charge in [-0.05, 0) is 52.0 Å². The fourth-order valence-electron chi connectivity index (χ4n) is 3.23. The van der Waals surface area contributed by atoms with Gasteiger partial charge in [-0.25, -0.2) is 0 Å². The molecule has 0 aliphatic carbocycles. The number of rotatable bonds is 5. The average Bonchev–Trinajstić information content (AvgIpc) is 2.46. The Kier molecular flexibility index (Phi) is 6.05. The highest BCUT2D eigenvalue weighted by molar-refractivity contribution is 7.86. The van der Waals surface area contributed by atoms with Gasteiger partial charge in [0.2, 0.25) is 0 Å². The smallest absolute Gasteiger partial charge is 0.282 e. The molecule has 6 heteroatoms. The molecule has 2 saturated heterocycles. The van der Waals surface area contributed by atoms with Crippen molar-refractivity contribution in [2.75, 3.05) is 26.2 Å². The van der Waals surface area contributed by atoms with Gasteiger partial charge >= 0.3 is 0 Å². The summed E-state index contributed by atoms with van der Waals surface area (Å²) in [5, 5.41) is 3.46. The Balaban J connectivity index is 2.04. The lowest BCUT2D eigenvalue weighted by atomic mass is 10.0. The first-order chi connectivity index (χ1) is 9.91. The van der Waals surface area contributed by atoms with E-state index in [1.54, 1.807) is 8.61 Å². The predicted molar refractivity (Wildman–Crippen MR) is 86.4 cm³/mol. The van der Waals surface area contributed by atoms with E-state index >= 15 is 0 Å². The van der Waals surface area contributed by atoms with E-state index in [0.717, 1.165) is 25.8 Å². The Labute approximate surface area is 130 Å². The quantitative estimate of drug-likeness (QED) is 0.841. The Bertz CT molecular complexity index is 411. The number of piperidine rings is 2. The minimum atomic E-state index is -3.32. The maximum atomic E-state index is 12.9. The third-order valence-electron chi connectivity index (χ3n) is 4.75. The van der Waals surface area contributed by atoms with Crippen LogP contribution < -0.4 is 5.32 Å². The molecule has 1 atom stereocenters. The standard InChI is InChI=1S/C15H31N3O2S/c1-13(2)18(12-15-6-4-5-9-16-15)21(19,20)17-10-7-14(3)8-11-17/h13-16H,4-12H2,1-3H3. The predicted octanol–water partition coefficient (Wildman–Crippen LogP) is 1.82. The molecule has 0 aromatic heterocycles. The van der Waals surface area contributed by atoms with Gasteiger partial charge in [-0.15, -0.1) is 0 Å². The third kappa shape index (κ3) is 4.41. The monoisotopic (exact) mass is 317 g/mol. The first-order valence-corrected chi connectivity index (χ1v) is 9.81. The van der Waals surface area contributed by atoms with E-state index in [1.807, 2.05) is 13.8 Å². The van der Waals surface area contributed by atoms with Crippen LogP contribution in [0.1, 0.15) is 52.9 Å². The molecule has 2 rings (SSSR count). The normalized spacial score (nSPS) is 26.6. The van der Waals surface area contributed by atoms with E-state index < -0.39 is 10.2 Å². The zero-order chi connectivity index (χ0) is 15.5. The minimum absolute atomic E-state index is 0.0121. The summed E-state index contributed by atoms with van der Waals surface area (Å²) in [5.41, 5.74) is 0. The Morgan fingerprint density at radius 2 is 1.86 bits per heavy atom. The average molecular weight is 317 g/mol. The van der Waals surface area contributed by atoms with Crippen molar-refractivity contribution in [1.82, 2.24) is 13.9 Å². The summed E-state index contributed by atoms with van der Waals surface area (Å²) < 4.78 is 29.3. The molecule has 0 aromatic rings. The molecule has 5 nitrogen and oxygen atoms in total. The van der Waals surface area contributed by atoms with E-state index in [0.29, 0.717) is 31.6 Å². The second kappa shape index (κ2) is 7.40. The van der Waals surface area contributed by atoms with Crippen molar-refractivity contribution in [3.8, 4) is 0 Å². The molecule has 0 amide bonds. The van der Waals surface area contributed by atoms with E-state index in [-0.39, 0.29) is 6.04 Å². The van der Waals surface area contributed by atoms with Crippen LogP contribution in [-0.4, -0.2) is 55.3 Å². The number of nitrogens with zero attached hydrogens (tertiary/aromatic N) is 2. The van der Waals surface area contributed by atoms with Crippen LogP contribution in [-0.2, 0) is 10.2 Å². The highest BCUT2D eigenvalue weighted by Gasteiger charge is 2.35. The van der Waals surface area contributed by atoms with Crippen molar-refractivity contribution in [1.29, 1.82) is 0 Å². The molecule has 1 unspecified atom stereocenters. The van der Waals surface area contributed by atoms with Crippen LogP contribution in [0.4, 0.5) is 0 Å². The van der Waals surface area contributed by atoms with Crippen LogP contribution in [0.15, 0.2) is 0 Å². The minimum Gasteiger partial charge on any atom is -0.313 e. The van der Waals surface area contributed by atoms with Crippen LogP contribution >= 0.6 is 0 Å². The molecule has 0 saturated carbocycles. The fraction of sp³-hybridized carbons (Fsp3) is 1.00. The Hall–Kier alpha value is -0.170. The maximum absolute atomic E-state index is 12.9. The van der Waals surface area contributed by atoms with Crippen LogP contribution in [0.2, 0.25) is 0 Å².